The molecular weight excluding hydrogens is 464 g/mol. The molecule has 3 heterocycles. The number of carbonyl (C=O) groups is 1. The molecule has 0 bridgehead atoms. The number of piperazine rings is 1. The SMILES string of the molecule is C[C@@H]1C[C@@H](O)c2ncnc(N3CCN(C(=O)[C@@H](CN4CCC(N)CC4)c4ccc(Cl)cc4)CC3)c21. The zero-order valence-electron chi connectivity index (χ0n) is 20.3. The molecule has 2 saturated heterocycles. The minimum absolute atomic E-state index is 0.165. The van der Waals surface area contributed by atoms with E-state index in [2.05, 4.69) is 26.7 Å². The molecular formula is C26H35ClN6O2. The molecule has 2 aliphatic heterocycles. The van der Waals surface area contributed by atoms with Gasteiger partial charge in [-0.25, -0.2) is 9.97 Å². The number of halogens is 1. The molecule has 3 N–H and O–H groups in total. The summed E-state index contributed by atoms with van der Waals surface area (Å²) >= 11 is 6.14. The second-order valence-corrected chi connectivity index (χ2v) is 10.6. The van der Waals surface area contributed by atoms with E-state index in [1.54, 1.807) is 6.33 Å². The van der Waals surface area contributed by atoms with E-state index >= 15 is 0 Å². The highest BCUT2D eigenvalue weighted by Gasteiger charge is 2.35. The Labute approximate surface area is 212 Å². The third-order valence-electron chi connectivity index (χ3n) is 7.81. The Morgan fingerprint density at radius 2 is 1.80 bits per heavy atom. The molecule has 5 rings (SSSR count). The Kier molecular flexibility index (Phi) is 7.25. The molecule has 0 radical (unpaired) electrons. The normalized spacial score (nSPS) is 24.5. The van der Waals surface area contributed by atoms with Crippen molar-refractivity contribution in [3.05, 3.63) is 52.4 Å². The van der Waals surface area contributed by atoms with Crippen LogP contribution in [0.1, 0.15) is 60.9 Å². The summed E-state index contributed by atoms with van der Waals surface area (Å²) < 4.78 is 0. The van der Waals surface area contributed by atoms with E-state index in [-0.39, 0.29) is 23.8 Å². The van der Waals surface area contributed by atoms with Gasteiger partial charge in [-0.1, -0.05) is 30.7 Å². The molecule has 1 aromatic carbocycles. The lowest BCUT2D eigenvalue weighted by atomic mass is 9.95. The van der Waals surface area contributed by atoms with Crippen LogP contribution in [-0.4, -0.2) is 82.6 Å². The Morgan fingerprint density at radius 1 is 1.11 bits per heavy atom. The predicted octanol–water partition coefficient (Wildman–Crippen LogP) is 2.53. The quantitative estimate of drug-likeness (QED) is 0.653. The van der Waals surface area contributed by atoms with E-state index in [0.717, 1.165) is 48.6 Å². The summed E-state index contributed by atoms with van der Waals surface area (Å²) in [6.07, 6.45) is 3.65. The van der Waals surface area contributed by atoms with Gasteiger partial charge in [0.2, 0.25) is 5.91 Å². The average molecular weight is 499 g/mol. The van der Waals surface area contributed by atoms with Crippen LogP contribution in [0.15, 0.2) is 30.6 Å². The lowest BCUT2D eigenvalue weighted by molar-refractivity contribution is -0.133. The fourth-order valence-corrected chi connectivity index (χ4v) is 5.85. The van der Waals surface area contributed by atoms with Crippen molar-refractivity contribution in [2.24, 2.45) is 5.73 Å². The topological polar surface area (TPSA) is 98.8 Å². The first-order valence-corrected chi connectivity index (χ1v) is 13.1. The van der Waals surface area contributed by atoms with Crippen molar-refractivity contribution < 1.29 is 9.90 Å². The second-order valence-electron chi connectivity index (χ2n) is 10.2. The van der Waals surface area contributed by atoms with Crippen molar-refractivity contribution in [1.29, 1.82) is 0 Å². The van der Waals surface area contributed by atoms with Gasteiger partial charge in [0.15, 0.2) is 0 Å². The maximum atomic E-state index is 13.8. The first-order valence-electron chi connectivity index (χ1n) is 12.7. The molecule has 0 saturated carbocycles. The summed E-state index contributed by atoms with van der Waals surface area (Å²) in [5.41, 5.74) is 8.92. The van der Waals surface area contributed by atoms with E-state index in [1.807, 2.05) is 29.2 Å². The lowest BCUT2D eigenvalue weighted by Crippen LogP contribution is -2.52. The molecule has 0 spiro atoms. The van der Waals surface area contributed by atoms with E-state index < -0.39 is 6.10 Å². The Hall–Kier alpha value is -2.26. The van der Waals surface area contributed by atoms with Gasteiger partial charge in [0.25, 0.3) is 0 Å². The summed E-state index contributed by atoms with van der Waals surface area (Å²) in [6.45, 7) is 7.37. The first-order chi connectivity index (χ1) is 16.9. The largest absolute Gasteiger partial charge is 0.387 e. The molecule has 3 aliphatic rings. The number of nitrogens with two attached hydrogens (primary N) is 1. The van der Waals surface area contributed by atoms with Crippen LogP contribution in [0.25, 0.3) is 0 Å². The third-order valence-corrected chi connectivity index (χ3v) is 8.07. The number of aromatic nitrogens is 2. The summed E-state index contributed by atoms with van der Waals surface area (Å²) in [4.78, 5) is 29.3. The van der Waals surface area contributed by atoms with E-state index in [4.69, 9.17) is 17.3 Å². The van der Waals surface area contributed by atoms with Gasteiger partial charge in [-0.05, 0) is 56.0 Å². The van der Waals surface area contributed by atoms with Crippen LogP contribution in [0.5, 0.6) is 0 Å². The highest BCUT2D eigenvalue weighted by atomic mass is 35.5. The minimum atomic E-state index is -0.519. The highest BCUT2D eigenvalue weighted by Crippen LogP contribution is 2.42. The number of carbonyl (C=O) groups excluding carboxylic acids is 1. The molecule has 9 heteroatoms. The zero-order chi connectivity index (χ0) is 24.5. The summed E-state index contributed by atoms with van der Waals surface area (Å²) in [5, 5.41) is 11.0. The number of hydrogen-bond donors (Lipinski definition) is 2. The summed E-state index contributed by atoms with van der Waals surface area (Å²) in [7, 11) is 0. The van der Waals surface area contributed by atoms with E-state index in [1.165, 1.54) is 0 Å². The predicted molar refractivity (Wildman–Crippen MR) is 137 cm³/mol. The van der Waals surface area contributed by atoms with Gasteiger partial charge in [-0.15, -0.1) is 0 Å². The van der Waals surface area contributed by atoms with Crippen LogP contribution in [0.2, 0.25) is 5.02 Å². The summed E-state index contributed by atoms with van der Waals surface area (Å²) in [5.74, 6) is 1.07. The van der Waals surface area contributed by atoms with Crippen molar-refractivity contribution >= 4 is 23.3 Å². The molecule has 2 fully saturated rings. The van der Waals surface area contributed by atoms with Crippen molar-refractivity contribution in [2.45, 2.75) is 50.2 Å². The van der Waals surface area contributed by atoms with Gasteiger partial charge in [0.05, 0.1) is 17.7 Å². The number of aliphatic hydroxyl groups is 1. The number of rotatable bonds is 5. The maximum absolute atomic E-state index is 13.8. The molecule has 35 heavy (non-hydrogen) atoms. The Bertz CT molecular complexity index is 1030. The number of hydrogen-bond acceptors (Lipinski definition) is 7. The molecule has 0 unspecified atom stereocenters. The Morgan fingerprint density at radius 3 is 2.49 bits per heavy atom. The molecule has 1 aliphatic carbocycles. The lowest BCUT2D eigenvalue weighted by Gasteiger charge is -2.39. The van der Waals surface area contributed by atoms with Crippen molar-refractivity contribution in [2.75, 3.05) is 50.7 Å². The van der Waals surface area contributed by atoms with Crippen molar-refractivity contribution in [3.8, 4) is 0 Å². The van der Waals surface area contributed by atoms with E-state index in [9.17, 15) is 9.90 Å². The van der Waals surface area contributed by atoms with Crippen LogP contribution in [0.3, 0.4) is 0 Å². The molecule has 1 aromatic heterocycles. The molecule has 8 nitrogen and oxygen atoms in total. The van der Waals surface area contributed by atoms with Gasteiger partial charge in [0, 0.05) is 49.4 Å². The first kappa shape index (κ1) is 24.4. The van der Waals surface area contributed by atoms with Gasteiger partial charge < -0.3 is 25.5 Å². The smallest absolute Gasteiger partial charge is 0.231 e. The van der Waals surface area contributed by atoms with Crippen LogP contribution in [0, 0.1) is 0 Å². The number of amides is 1. The number of benzene rings is 1. The number of aliphatic hydroxyl groups excluding tert-OH is 1. The standard InChI is InChI=1S/C26H35ClN6O2/c1-17-14-22(34)24-23(17)25(30-16-29-24)32-10-12-33(13-11-32)26(35)21(18-2-4-19(27)5-3-18)15-31-8-6-20(28)7-9-31/h2-5,16-17,20-22,34H,6-15,28H2,1H3/t17-,21+,22-/m1/s1. The van der Waals surface area contributed by atoms with Crippen LogP contribution in [-0.2, 0) is 4.79 Å². The maximum Gasteiger partial charge on any atom is 0.231 e. The van der Waals surface area contributed by atoms with Crippen molar-refractivity contribution in [1.82, 2.24) is 19.8 Å². The van der Waals surface area contributed by atoms with Crippen molar-refractivity contribution in [3.63, 3.8) is 0 Å². The van der Waals surface area contributed by atoms with Crippen LogP contribution < -0.4 is 10.6 Å². The van der Waals surface area contributed by atoms with Gasteiger partial charge >= 0.3 is 0 Å². The fraction of sp³-hybridized carbons (Fsp3) is 0.577. The molecule has 2 aromatic rings. The number of likely N-dealkylation sites (tertiary alicyclic amines) is 1. The minimum Gasteiger partial charge on any atom is -0.387 e. The monoisotopic (exact) mass is 498 g/mol. The Balaban J connectivity index is 1.29. The van der Waals surface area contributed by atoms with E-state index in [0.29, 0.717) is 44.2 Å². The molecule has 3 atom stereocenters. The number of nitrogens with zero attached hydrogens (tertiary/aromatic N) is 5. The van der Waals surface area contributed by atoms with Gasteiger partial charge in [0.1, 0.15) is 12.1 Å². The fourth-order valence-electron chi connectivity index (χ4n) is 5.73. The summed E-state index contributed by atoms with van der Waals surface area (Å²) in [6, 6.07) is 7.96. The number of anilines is 1. The molecule has 188 valence electrons. The highest BCUT2D eigenvalue weighted by molar-refractivity contribution is 6.30. The number of piperidine rings is 1. The molecule has 1 amide bonds. The van der Waals surface area contributed by atoms with Crippen LogP contribution >= 0.6 is 11.6 Å². The number of fused-ring (bicyclic) bond motifs is 1. The van der Waals surface area contributed by atoms with Crippen LogP contribution in [0.4, 0.5) is 5.82 Å². The zero-order valence-corrected chi connectivity index (χ0v) is 21.1. The second kappa shape index (κ2) is 10.4. The van der Waals surface area contributed by atoms with Gasteiger partial charge in [-0.3, -0.25) is 4.79 Å². The van der Waals surface area contributed by atoms with Gasteiger partial charge in [-0.2, -0.15) is 0 Å². The third kappa shape index (κ3) is 5.16. The average Bonchev–Trinajstić information content (AvgIpc) is 3.17.